The third-order valence-corrected chi connectivity index (χ3v) is 22.8. The Morgan fingerprint density at radius 2 is 0.927 bits per heavy atom. The summed E-state index contributed by atoms with van der Waals surface area (Å²) in [5, 5.41) is 1.92. The lowest BCUT2D eigenvalue weighted by Crippen LogP contribution is -2.59. The second kappa shape index (κ2) is 17.0. The van der Waals surface area contributed by atoms with Crippen LogP contribution in [0.15, 0.2) is 0 Å². The van der Waals surface area contributed by atoms with Crippen molar-refractivity contribution in [2.45, 2.75) is 253 Å². The van der Waals surface area contributed by atoms with Crippen LogP contribution >= 0.6 is 11.8 Å². The molecule has 0 amide bonds. The molecule has 9 aliphatic carbocycles. The first-order valence-corrected chi connectivity index (χ1v) is 27.3. The average Bonchev–Trinajstić information content (AvgIpc) is 3.83. The van der Waals surface area contributed by atoms with Crippen LogP contribution in [0.4, 0.5) is 0 Å². The molecule has 11 aliphatic rings. The molecule has 0 radical (unpaired) electrons. The number of rotatable bonds is 6. The molecule has 3 heteroatoms. The Bertz CT molecular complexity index is 1250. The van der Waals surface area contributed by atoms with E-state index in [1.807, 2.05) is 0 Å². The Kier molecular flexibility index (Phi) is 11.8. The Hall–Kier alpha value is 0.270. The molecule has 0 aromatic rings. The van der Waals surface area contributed by atoms with E-state index >= 15 is 0 Å². The SMILES string of the molecule is C1CCC(C2CCC(N(C3CCCC(C4CCCC5C6CCC7SC8CCCCC8C7C6OC45)C3)C3CCC(C4CCCCC4)C4CCCCC43)CC2)CC1. The van der Waals surface area contributed by atoms with Crippen molar-refractivity contribution in [1.29, 1.82) is 0 Å². The predicted octanol–water partition coefficient (Wildman–Crippen LogP) is 14.0. The molecule has 11 rings (SSSR count). The van der Waals surface area contributed by atoms with Crippen LogP contribution in [0.25, 0.3) is 0 Å². The van der Waals surface area contributed by atoms with E-state index in [9.17, 15) is 0 Å². The predicted molar refractivity (Wildman–Crippen MR) is 231 cm³/mol. The van der Waals surface area contributed by atoms with Crippen LogP contribution < -0.4 is 0 Å². The van der Waals surface area contributed by atoms with Crippen LogP contribution in [0.1, 0.15) is 212 Å². The summed E-state index contributed by atoms with van der Waals surface area (Å²) >= 11 is 2.46. The summed E-state index contributed by atoms with van der Waals surface area (Å²) < 4.78 is 7.71. The van der Waals surface area contributed by atoms with Crippen molar-refractivity contribution in [3.8, 4) is 0 Å². The largest absolute Gasteiger partial charge is 0.374 e. The maximum atomic E-state index is 7.71. The second-order valence-corrected chi connectivity index (χ2v) is 24.6. The molecular weight excluding hydrogens is 687 g/mol. The fourth-order valence-corrected chi connectivity index (χ4v) is 20.8. The summed E-state index contributed by atoms with van der Waals surface area (Å²) in [5.74, 6) is 11.9. The molecule has 55 heavy (non-hydrogen) atoms. The zero-order valence-electron chi connectivity index (χ0n) is 35.6. The van der Waals surface area contributed by atoms with Crippen LogP contribution in [0.3, 0.4) is 0 Å². The molecule has 15 atom stereocenters. The van der Waals surface area contributed by atoms with E-state index in [2.05, 4.69) is 16.7 Å². The van der Waals surface area contributed by atoms with Gasteiger partial charge < -0.3 is 4.74 Å². The van der Waals surface area contributed by atoms with E-state index in [4.69, 9.17) is 4.74 Å². The molecule has 11 fully saturated rings. The van der Waals surface area contributed by atoms with E-state index in [0.717, 1.165) is 99.6 Å². The third-order valence-electron chi connectivity index (χ3n) is 20.9. The number of fused-ring (bicyclic) bond motifs is 8. The molecular formula is C52H85NOS. The Morgan fingerprint density at radius 1 is 0.327 bits per heavy atom. The Morgan fingerprint density at radius 3 is 1.75 bits per heavy atom. The monoisotopic (exact) mass is 772 g/mol. The van der Waals surface area contributed by atoms with Crippen LogP contribution in [0.5, 0.6) is 0 Å². The molecule has 2 heterocycles. The first-order valence-electron chi connectivity index (χ1n) is 26.4. The summed E-state index contributed by atoms with van der Waals surface area (Å²) in [4.78, 5) is 3.47. The number of hydrogen-bond donors (Lipinski definition) is 0. The van der Waals surface area contributed by atoms with Gasteiger partial charge in [-0.25, -0.2) is 0 Å². The lowest BCUT2D eigenvalue weighted by atomic mass is 9.57. The fraction of sp³-hybridized carbons (Fsp3) is 1.00. The molecule has 0 N–H and O–H groups in total. The van der Waals surface area contributed by atoms with Crippen molar-refractivity contribution < 1.29 is 4.74 Å². The summed E-state index contributed by atoms with van der Waals surface area (Å²) in [6.45, 7) is 0. The smallest absolute Gasteiger partial charge is 0.0652 e. The van der Waals surface area contributed by atoms with Gasteiger partial charge in [0, 0.05) is 34.5 Å². The van der Waals surface area contributed by atoms with Crippen LogP contribution in [-0.2, 0) is 4.74 Å². The minimum Gasteiger partial charge on any atom is -0.374 e. The summed E-state index contributed by atoms with van der Waals surface area (Å²) in [6.07, 6.45) is 52.0. The molecule has 9 saturated carbocycles. The summed E-state index contributed by atoms with van der Waals surface area (Å²) in [7, 11) is 0. The van der Waals surface area contributed by atoms with Crippen molar-refractivity contribution in [2.75, 3.05) is 0 Å². The van der Waals surface area contributed by atoms with E-state index < -0.39 is 0 Å². The lowest BCUT2D eigenvalue weighted by molar-refractivity contribution is -0.0911. The topological polar surface area (TPSA) is 12.5 Å². The zero-order chi connectivity index (χ0) is 36.3. The Labute approximate surface area is 343 Å². The van der Waals surface area contributed by atoms with E-state index in [-0.39, 0.29) is 0 Å². The molecule has 2 nitrogen and oxygen atoms in total. The maximum absolute atomic E-state index is 7.71. The molecule has 0 aromatic heterocycles. The molecule has 310 valence electrons. The van der Waals surface area contributed by atoms with Crippen molar-refractivity contribution in [3.05, 3.63) is 0 Å². The maximum Gasteiger partial charge on any atom is 0.0652 e. The summed E-state index contributed by atoms with van der Waals surface area (Å²) in [5.41, 5.74) is 0. The van der Waals surface area contributed by atoms with Crippen LogP contribution in [0, 0.1) is 71.0 Å². The minimum absolute atomic E-state index is 0.618. The average molecular weight is 772 g/mol. The van der Waals surface area contributed by atoms with Crippen LogP contribution in [-0.4, -0.2) is 45.7 Å². The van der Waals surface area contributed by atoms with Gasteiger partial charge in [0.25, 0.3) is 0 Å². The van der Waals surface area contributed by atoms with Gasteiger partial charge in [0.05, 0.1) is 12.2 Å². The van der Waals surface area contributed by atoms with Crippen LogP contribution in [0.2, 0.25) is 0 Å². The van der Waals surface area contributed by atoms with Crippen molar-refractivity contribution in [3.63, 3.8) is 0 Å². The molecule has 0 aromatic carbocycles. The van der Waals surface area contributed by atoms with E-state index in [1.165, 1.54) is 122 Å². The van der Waals surface area contributed by atoms with Gasteiger partial charge in [0.15, 0.2) is 0 Å². The Balaban J connectivity index is 0.836. The van der Waals surface area contributed by atoms with E-state index in [1.54, 1.807) is 89.9 Å². The van der Waals surface area contributed by atoms with Gasteiger partial charge in [-0.1, -0.05) is 103 Å². The number of thioether (sulfide) groups is 1. The first kappa shape index (κ1) is 38.2. The lowest BCUT2D eigenvalue weighted by Gasteiger charge is -2.57. The van der Waals surface area contributed by atoms with Gasteiger partial charge in [-0.2, -0.15) is 11.8 Å². The highest BCUT2D eigenvalue weighted by Crippen LogP contribution is 2.62. The third kappa shape index (κ3) is 7.33. The molecule has 2 saturated heterocycles. The highest BCUT2D eigenvalue weighted by Gasteiger charge is 2.60. The quantitative estimate of drug-likeness (QED) is 0.267. The number of ether oxygens (including phenoxy) is 1. The van der Waals surface area contributed by atoms with Gasteiger partial charge in [0.1, 0.15) is 0 Å². The number of hydrogen-bond acceptors (Lipinski definition) is 3. The standard InChI is InChI=1S/C52H85NOS/c1-3-13-34(14-4-1)35-25-27-38(28-26-35)53(47-31-29-40(36-15-5-2-6-16-36)42-19-7-8-20-43(42)47)39-18-11-17-37(33-39)41-22-12-23-44-45-30-32-49-50(52(45)54-51(41)44)46-21-9-10-24-48(46)55-49/h34-52H,1-33H2. The number of nitrogens with zero attached hydrogens (tertiary/aromatic N) is 1. The van der Waals surface area contributed by atoms with E-state index in [0.29, 0.717) is 12.2 Å². The molecule has 0 bridgehead atoms. The highest BCUT2D eigenvalue weighted by molar-refractivity contribution is 8.00. The van der Waals surface area contributed by atoms with Crippen molar-refractivity contribution >= 4 is 11.8 Å². The van der Waals surface area contributed by atoms with Gasteiger partial charge in [-0.3, -0.25) is 4.90 Å². The molecule has 15 unspecified atom stereocenters. The summed E-state index contributed by atoms with van der Waals surface area (Å²) in [6, 6.07) is 2.68. The van der Waals surface area contributed by atoms with Crippen molar-refractivity contribution in [1.82, 2.24) is 4.90 Å². The van der Waals surface area contributed by atoms with Gasteiger partial charge in [0.2, 0.25) is 0 Å². The normalized spacial score (nSPS) is 51.1. The molecule has 0 spiro atoms. The van der Waals surface area contributed by atoms with Crippen molar-refractivity contribution in [2.24, 2.45) is 71.0 Å². The molecule has 2 aliphatic heterocycles. The van der Waals surface area contributed by atoms with Gasteiger partial charge in [-0.15, -0.1) is 0 Å². The fourth-order valence-electron chi connectivity index (χ4n) is 18.8. The first-order chi connectivity index (χ1) is 27.3. The highest BCUT2D eigenvalue weighted by atomic mass is 32.2. The van der Waals surface area contributed by atoms with Gasteiger partial charge >= 0.3 is 0 Å². The van der Waals surface area contributed by atoms with Gasteiger partial charge in [-0.05, 0) is 174 Å². The second-order valence-electron chi connectivity index (χ2n) is 23.1. The zero-order valence-corrected chi connectivity index (χ0v) is 36.4. The minimum atomic E-state index is 0.618.